The number of methoxy groups -OCH3 is 2. The van der Waals surface area contributed by atoms with E-state index in [0.29, 0.717) is 48.5 Å². The third-order valence-corrected chi connectivity index (χ3v) is 9.43. The van der Waals surface area contributed by atoms with E-state index in [4.69, 9.17) is 19.5 Å². The predicted octanol–water partition coefficient (Wildman–Crippen LogP) is 8.30. The number of benzene rings is 2. The molecule has 0 aliphatic heterocycles. The Kier molecular flexibility index (Phi) is 11.7. The number of hydrogen-bond donors (Lipinski definition) is 2. The number of carbonyl (C=O) groups is 4. The maximum Gasteiger partial charge on any atom is 0.316 e. The highest BCUT2D eigenvalue weighted by molar-refractivity contribution is 6.25. The van der Waals surface area contributed by atoms with Crippen LogP contribution in [0.5, 0.6) is 0 Å². The third kappa shape index (κ3) is 7.79. The van der Waals surface area contributed by atoms with Crippen LogP contribution < -0.4 is 0 Å². The summed E-state index contributed by atoms with van der Waals surface area (Å²) in [5.41, 5.74) is 2.58. The van der Waals surface area contributed by atoms with Gasteiger partial charge < -0.3 is 19.7 Å². The second kappa shape index (κ2) is 15.4. The Bertz CT molecular complexity index is 1640. The number of aliphatic hydroxyl groups excluding tert-OH is 2. The molecule has 0 unspecified atom stereocenters. The van der Waals surface area contributed by atoms with E-state index in [1.54, 1.807) is 0 Å². The number of Topliss-reactive ketones (excluding diaryl/α,β-unsaturated/α-hetero) is 2. The molecule has 2 atom stereocenters. The fourth-order valence-electron chi connectivity index (χ4n) is 6.94. The van der Waals surface area contributed by atoms with Crippen molar-refractivity contribution in [3.05, 3.63) is 71.2 Å². The molecule has 2 aliphatic carbocycles. The minimum atomic E-state index is -0.968. The minimum absolute atomic E-state index is 0.0905. The van der Waals surface area contributed by atoms with Gasteiger partial charge in [-0.1, -0.05) is 65.8 Å². The van der Waals surface area contributed by atoms with Gasteiger partial charge in [-0.3, -0.25) is 29.2 Å². The number of aliphatic imine (C=N–C) groups is 2. The van der Waals surface area contributed by atoms with Gasteiger partial charge in [-0.25, -0.2) is 0 Å². The number of esters is 2. The molecule has 0 heterocycles. The standard InChI is InChI=1S/C40H48N2O8/c1-9-11-29(43)31-27(21-39(3,4)33(35(31)45)37(47)49-7)41-25-17-13-23(14-18-25)24-15-19-26(20-16-24)42-28-22-40(5,6)34(38(48)50-8)36(46)32(28)30(44)12-10-2/h13-20,33-34,45-46H,9-12,21-22H2,1-8H3/t33-,34+. The van der Waals surface area contributed by atoms with Gasteiger partial charge in [0.1, 0.15) is 23.4 Å². The summed E-state index contributed by atoms with van der Waals surface area (Å²) in [4.78, 5) is 61.1. The first-order chi connectivity index (χ1) is 23.6. The second-order valence-corrected chi connectivity index (χ2v) is 14.3. The van der Waals surface area contributed by atoms with E-state index < -0.39 is 34.6 Å². The monoisotopic (exact) mass is 684 g/mol. The van der Waals surface area contributed by atoms with E-state index >= 15 is 0 Å². The lowest BCUT2D eigenvalue weighted by atomic mass is 9.67. The smallest absolute Gasteiger partial charge is 0.316 e. The van der Waals surface area contributed by atoms with Crippen LogP contribution in [-0.4, -0.2) is 59.4 Å². The van der Waals surface area contributed by atoms with Crippen LogP contribution >= 0.6 is 0 Å². The van der Waals surface area contributed by atoms with Gasteiger partial charge in [-0.2, -0.15) is 0 Å². The van der Waals surface area contributed by atoms with Crippen LogP contribution in [0.25, 0.3) is 11.1 Å². The van der Waals surface area contributed by atoms with Crippen molar-refractivity contribution in [2.75, 3.05) is 14.2 Å². The number of ketones is 2. The molecule has 2 aliphatic rings. The highest BCUT2D eigenvalue weighted by Gasteiger charge is 2.48. The lowest BCUT2D eigenvalue weighted by Crippen LogP contribution is -2.41. The molecule has 0 bridgehead atoms. The molecule has 0 fully saturated rings. The normalized spacial score (nSPS) is 21.7. The summed E-state index contributed by atoms with van der Waals surface area (Å²) < 4.78 is 9.91. The first kappa shape index (κ1) is 38.0. The highest BCUT2D eigenvalue weighted by Crippen LogP contribution is 2.45. The summed E-state index contributed by atoms with van der Waals surface area (Å²) in [5, 5.41) is 22.4. The topological polar surface area (TPSA) is 152 Å². The summed E-state index contributed by atoms with van der Waals surface area (Å²) in [6, 6.07) is 14.9. The van der Waals surface area contributed by atoms with Crippen LogP contribution in [0.1, 0.15) is 80.1 Å². The Balaban J connectivity index is 1.65. The Morgan fingerprint density at radius 2 is 0.960 bits per heavy atom. The molecule has 0 amide bonds. The third-order valence-electron chi connectivity index (χ3n) is 9.43. The van der Waals surface area contributed by atoms with Crippen molar-refractivity contribution in [2.24, 2.45) is 32.7 Å². The number of hydrogen-bond acceptors (Lipinski definition) is 10. The molecule has 10 nitrogen and oxygen atoms in total. The van der Waals surface area contributed by atoms with Gasteiger partial charge in [-0.15, -0.1) is 0 Å². The van der Waals surface area contributed by atoms with Crippen LogP contribution in [0.4, 0.5) is 11.4 Å². The first-order valence-electron chi connectivity index (χ1n) is 17.0. The van der Waals surface area contributed by atoms with Crippen molar-refractivity contribution in [3.63, 3.8) is 0 Å². The lowest BCUT2D eigenvalue weighted by molar-refractivity contribution is -0.150. The molecule has 10 heteroatoms. The Labute approximate surface area is 294 Å². The van der Waals surface area contributed by atoms with Gasteiger partial charge >= 0.3 is 11.9 Å². The molecule has 0 spiro atoms. The first-order valence-corrected chi connectivity index (χ1v) is 17.0. The molecule has 0 radical (unpaired) electrons. The van der Waals surface area contributed by atoms with Gasteiger partial charge in [0.15, 0.2) is 11.6 Å². The van der Waals surface area contributed by atoms with E-state index in [9.17, 15) is 29.4 Å². The Morgan fingerprint density at radius 1 is 0.640 bits per heavy atom. The van der Waals surface area contributed by atoms with Crippen molar-refractivity contribution in [3.8, 4) is 11.1 Å². The summed E-state index contributed by atoms with van der Waals surface area (Å²) in [6.07, 6.45) is 2.19. The maximum atomic E-state index is 13.1. The van der Waals surface area contributed by atoms with Gasteiger partial charge in [0.05, 0.1) is 48.2 Å². The van der Waals surface area contributed by atoms with Gasteiger partial charge in [0.25, 0.3) is 0 Å². The number of allylic oxidation sites excluding steroid dienone is 2. The van der Waals surface area contributed by atoms with Gasteiger partial charge in [0.2, 0.25) is 0 Å². The van der Waals surface area contributed by atoms with Crippen LogP contribution in [0.2, 0.25) is 0 Å². The van der Waals surface area contributed by atoms with E-state index in [0.717, 1.165) is 11.1 Å². The molecule has 266 valence electrons. The average Bonchev–Trinajstić information content (AvgIpc) is 3.04. The largest absolute Gasteiger partial charge is 0.511 e. The number of carbonyl (C=O) groups excluding carboxylic acids is 4. The molecule has 50 heavy (non-hydrogen) atoms. The average molecular weight is 685 g/mol. The Morgan fingerprint density at radius 3 is 1.24 bits per heavy atom. The fraction of sp³-hybridized carbons (Fsp3) is 0.450. The molecule has 0 saturated heterocycles. The number of aliphatic hydroxyl groups is 2. The number of ether oxygens (including phenoxy) is 2. The van der Waals surface area contributed by atoms with E-state index in [2.05, 4.69) is 0 Å². The zero-order chi connectivity index (χ0) is 37.0. The van der Waals surface area contributed by atoms with Crippen LogP contribution in [-0.2, 0) is 28.7 Å². The quantitative estimate of drug-likeness (QED) is 0.224. The van der Waals surface area contributed by atoms with Crippen molar-refractivity contribution >= 4 is 46.3 Å². The minimum Gasteiger partial charge on any atom is -0.511 e. The SMILES string of the molecule is CCCC(=O)C1=C(O)[C@@H](C(=O)OC)C(C)(C)CC1=Nc1ccc(-c2ccc(N=C3CC(C)(C)[C@@H](C(=O)OC)C(O)=C3C(=O)CCC)cc2)cc1. The molecular formula is C40H48N2O8. The van der Waals surface area contributed by atoms with Crippen molar-refractivity contribution in [1.29, 1.82) is 0 Å². The van der Waals surface area contributed by atoms with Crippen LogP contribution in [0.15, 0.2) is 81.2 Å². The van der Waals surface area contributed by atoms with Crippen molar-refractivity contribution in [2.45, 2.75) is 80.1 Å². The summed E-state index contributed by atoms with van der Waals surface area (Å²) in [6.45, 7) is 11.1. The number of nitrogens with zero attached hydrogens (tertiary/aromatic N) is 2. The zero-order valence-corrected chi connectivity index (χ0v) is 30.3. The second-order valence-electron chi connectivity index (χ2n) is 14.3. The summed E-state index contributed by atoms with van der Waals surface area (Å²) in [7, 11) is 2.53. The predicted molar refractivity (Wildman–Crippen MR) is 193 cm³/mol. The summed E-state index contributed by atoms with van der Waals surface area (Å²) >= 11 is 0. The van der Waals surface area contributed by atoms with E-state index in [1.165, 1.54) is 14.2 Å². The Hall–Kier alpha value is -4.86. The molecule has 4 rings (SSSR count). The van der Waals surface area contributed by atoms with Gasteiger partial charge in [0, 0.05) is 12.8 Å². The van der Waals surface area contributed by atoms with Crippen LogP contribution in [0, 0.1) is 22.7 Å². The fourth-order valence-corrected chi connectivity index (χ4v) is 6.94. The molecule has 0 aromatic heterocycles. The lowest BCUT2D eigenvalue weighted by Gasteiger charge is -2.37. The van der Waals surface area contributed by atoms with Crippen molar-refractivity contribution in [1.82, 2.24) is 0 Å². The molecule has 2 N–H and O–H groups in total. The molecule has 2 aromatic carbocycles. The molecular weight excluding hydrogens is 636 g/mol. The highest BCUT2D eigenvalue weighted by atomic mass is 16.5. The van der Waals surface area contributed by atoms with Crippen LogP contribution in [0.3, 0.4) is 0 Å². The summed E-state index contributed by atoms with van der Waals surface area (Å²) in [5.74, 6) is -4.23. The molecule has 0 saturated carbocycles. The van der Waals surface area contributed by atoms with E-state index in [1.807, 2.05) is 90.1 Å². The molecule has 2 aromatic rings. The van der Waals surface area contributed by atoms with Gasteiger partial charge in [-0.05, 0) is 71.9 Å². The van der Waals surface area contributed by atoms with E-state index in [-0.39, 0.29) is 47.1 Å². The zero-order valence-electron chi connectivity index (χ0n) is 30.3. The maximum absolute atomic E-state index is 13.1. The van der Waals surface area contributed by atoms with Crippen molar-refractivity contribution < 1.29 is 38.9 Å². The number of rotatable bonds is 11.